The zero-order chi connectivity index (χ0) is 19.9. The fraction of sp³-hybridized carbons (Fsp3) is 0.182. The van der Waals surface area contributed by atoms with Crippen molar-refractivity contribution >= 4 is 11.9 Å². The van der Waals surface area contributed by atoms with Gasteiger partial charge in [-0.3, -0.25) is 9.97 Å². The molecule has 0 radical (unpaired) electrons. The number of esters is 2. The quantitative estimate of drug-likeness (QED) is 0.609. The van der Waals surface area contributed by atoms with Crippen LogP contribution in [-0.4, -0.2) is 21.9 Å². The summed E-state index contributed by atoms with van der Waals surface area (Å²) in [6.45, 7) is 3.94. The van der Waals surface area contributed by atoms with Crippen molar-refractivity contribution in [2.24, 2.45) is 0 Å². The minimum Gasteiger partial charge on any atom is -0.457 e. The summed E-state index contributed by atoms with van der Waals surface area (Å²) in [5.41, 5.74) is 4.09. The number of aromatic nitrogens is 2. The molecule has 0 saturated heterocycles. The van der Waals surface area contributed by atoms with Crippen LogP contribution in [0.1, 0.15) is 43.2 Å². The number of benzene rings is 1. The SMILES string of the molecule is Cc1ccc(C(=O)OCc2cccc(COC(=O)c3ccc(C)nc3)c2)cn1. The molecule has 3 aromatic rings. The monoisotopic (exact) mass is 376 g/mol. The van der Waals surface area contributed by atoms with E-state index in [1.807, 2.05) is 38.1 Å². The molecule has 0 atom stereocenters. The largest absolute Gasteiger partial charge is 0.457 e. The second-order valence-electron chi connectivity index (χ2n) is 6.35. The van der Waals surface area contributed by atoms with E-state index in [1.54, 1.807) is 24.3 Å². The summed E-state index contributed by atoms with van der Waals surface area (Å²) in [6.07, 6.45) is 2.99. The highest BCUT2D eigenvalue weighted by atomic mass is 16.5. The number of hydrogen-bond acceptors (Lipinski definition) is 6. The van der Waals surface area contributed by atoms with Gasteiger partial charge in [0.15, 0.2) is 0 Å². The predicted molar refractivity (Wildman–Crippen MR) is 103 cm³/mol. The molecule has 0 amide bonds. The fourth-order valence-corrected chi connectivity index (χ4v) is 2.45. The molecular weight excluding hydrogens is 356 g/mol. The molecule has 0 bridgehead atoms. The first-order valence-electron chi connectivity index (χ1n) is 8.78. The number of carbonyl (C=O) groups excluding carboxylic acids is 2. The molecule has 0 aliphatic rings. The number of aryl methyl sites for hydroxylation is 2. The van der Waals surface area contributed by atoms with Crippen molar-refractivity contribution in [2.75, 3.05) is 0 Å². The zero-order valence-electron chi connectivity index (χ0n) is 15.7. The topological polar surface area (TPSA) is 78.4 Å². The highest BCUT2D eigenvalue weighted by Crippen LogP contribution is 2.11. The predicted octanol–water partition coefficient (Wildman–Crippen LogP) is 3.81. The van der Waals surface area contributed by atoms with Crippen LogP contribution in [0.3, 0.4) is 0 Å². The summed E-state index contributed by atoms with van der Waals surface area (Å²) in [6, 6.07) is 14.2. The van der Waals surface area contributed by atoms with E-state index in [0.717, 1.165) is 22.5 Å². The lowest BCUT2D eigenvalue weighted by Gasteiger charge is -2.08. The fourth-order valence-electron chi connectivity index (χ4n) is 2.45. The minimum absolute atomic E-state index is 0.121. The van der Waals surface area contributed by atoms with Crippen LogP contribution >= 0.6 is 0 Å². The summed E-state index contributed by atoms with van der Waals surface area (Å²) >= 11 is 0. The molecule has 0 N–H and O–H groups in total. The lowest BCUT2D eigenvalue weighted by atomic mass is 10.1. The molecule has 0 fully saturated rings. The summed E-state index contributed by atoms with van der Waals surface area (Å²) < 4.78 is 10.6. The molecule has 2 heterocycles. The number of rotatable bonds is 6. The molecule has 0 unspecified atom stereocenters. The standard InChI is InChI=1S/C22H20N2O4/c1-15-6-8-19(11-23-15)21(25)27-13-17-4-3-5-18(10-17)14-28-22(26)20-9-7-16(2)24-12-20/h3-12H,13-14H2,1-2H3. The molecule has 6 heteroatoms. The smallest absolute Gasteiger partial charge is 0.340 e. The Labute approximate surface area is 163 Å². The van der Waals surface area contributed by atoms with E-state index in [0.29, 0.717) is 11.1 Å². The van der Waals surface area contributed by atoms with Crippen LogP contribution < -0.4 is 0 Å². The maximum absolute atomic E-state index is 12.1. The van der Waals surface area contributed by atoms with E-state index in [9.17, 15) is 9.59 Å². The van der Waals surface area contributed by atoms with Crippen LogP contribution in [0.2, 0.25) is 0 Å². The Hall–Kier alpha value is -3.54. The molecule has 3 rings (SSSR count). The van der Waals surface area contributed by atoms with Crippen LogP contribution in [0.15, 0.2) is 60.9 Å². The van der Waals surface area contributed by atoms with Gasteiger partial charge in [0.1, 0.15) is 13.2 Å². The highest BCUT2D eigenvalue weighted by Gasteiger charge is 2.10. The van der Waals surface area contributed by atoms with Crippen LogP contribution in [0, 0.1) is 13.8 Å². The Balaban J connectivity index is 1.54. The number of hydrogen-bond donors (Lipinski definition) is 0. The van der Waals surface area contributed by atoms with Crippen LogP contribution in [0.25, 0.3) is 0 Å². The summed E-state index contributed by atoms with van der Waals surface area (Å²) in [4.78, 5) is 32.3. The first-order valence-corrected chi connectivity index (χ1v) is 8.78. The number of nitrogens with zero attached hydrogens (tertiary/aromatic N) is 2. The van der Waals surface area contributed by atoms with Gasteiger partial charge in [-0.05, 0) is 55.3 Å². The molecule has 142 valence electrons. The van der Waals surface area contributed by atoms with E-state index in [-0.39, 0.29) is 13.2 Å². The van der Waals surface area contributed by atoms with Crippen molar-refractivity contribution < 1.29 is 19.1 Å². The Bertz CT molecular complexity index is 890. The van der Waals surface area contributed by atoms with E-state index in [4.69, 9.17) is 9.47 Å². The maximum Gasteiger partial charge on any atom is 0.340 e. The van der Waals surface area contributed by atoms with Crippen molar-refractivity contribution in [3.05, 3.63) is 94.6 Å². The Morgan fingerprint density at radius 1 is 0.750 bits per heavy atom. The van der Waals surface area contributed by atoms with E-state index in [1.165, 1.54) is 12.4 Å². The van der Waals surface area contributed by atoms with Crippen molar-refractivity contribution in [1.29, 1.82) is 0 Å². The van der Waals surface area contributed by atoms with Gasteiger partial charge in [0.25, 0.3) is 0 Å². The average molecular weight is 376 g/mol. The number of ether oxygens (including phenoxy) is 2. The second-order valence-corrected chi connectivity index (χ2v) is 6.35. The molecule has 6 nitrogen and oxygen atoms in total. The Morgan fingerprint density at radius 3 is 1.61 bits per heavy atom. The summed E-state index contributed by atoms with van der Waals surface area (Å²) in [7, 11) is 0. The van der Waals surface area contributed by atoms with Gasteiger partial charge in [-0.15, -0.1) is 0 Å². The van der Waals surface area contributed by atoms with Gasteiger partial charge < -0.3 is 9.47 Å². The maximum atomic E-state index is 12.1. The van der Waals surface area contributed by atoms with Gasteiger partial charge in [0, 0.05) is 23.8 Å². The highest BCUT2D eigenvalue weighted by molar-refractivity contribution is 5.89. The molecule has 0 spiro atoms. The normalized spacial score (nSPS) is 10.4. The number of pyridine rings is 2. The van der Waals surface area contributed by atoms with E-state index < -0.39 is 11.9 Å². The molecule has 28 heavy (non-hydrogen) atoms. The summed E-state index contributed by atoms with van der Waals surface area (Å²) in [5, 5.41) is 0. The third-order valence-corrected chi connectivity index (χ3v) is 4.03. The van der Waals surface area contributed by atoms with Crippen molar-refractivity contribution in [3.63, 3.8) is 0 Å². The third kappa shape index (κ3) is 5.23. The zero-order valence-corrected chi connectivity index (χ0v) is 15.7. The molecule has 0 aliphatic heterocycles. The third-order valence-electron chi connectivity index (χ3n) is 4.03. The van der Waals surface area contributed by atoms with Crippen molar-refractivity contribution in [3.8, 4) is 0 Å². The molecule has 2 aromatic heterocycles. The van der Waals surface area contributed by atoms with Crippen LogP contribution in [-0.2, 0) is 22.7 Å². The molecule has 0 aliphatic carbocycles. The average Bonchev–Trinajstić information content (AvgIpc) is 2.71. The Morgan fingerprint density at radius 2 is 1.21 bits per heavy atom. The van der Waals surface area contributed by atoms with E-state index in [2.05, 4.69) is 9.97 Å². The first-order chi connectivity index (χ1) is 13.5. The van der Waals surface area contributed by atoms with Gasteiger partial charge in [-0.1, -0.05) is 18.2 Å². The van der Waals surface area contributed by atoms with Gasteiger partial charge in [-0.2, -0.15) is 0 Å². The van der Waals surface area contributed by atoms with Gasteiger partial charge in [-0.25, -0.2) is 9.59 Å². The molecule has 1 aromatic carbocycles. The van der Waals surface area contributed by atoms with Crippen LogP contribution in [0.5, 0.6) is 0 Å². The second kappa shape index (κ2) is 8.90. The van der Waals surface area contributed by atoms with Crippen molar-refractivity contribution in [1.82, 2.24) is 9.97 Å². The van der Waals surface area contributed by atoms with Gasteiger partial charge in [0.05, 0.1) is 11.1 Å². The molecular formula is C22H20N2O4. The van der Waals surface area contributed by atoms with Gasteiger partial charge >= 0.3 is 11.9 Å². The minimum atomic E-state index is -0.434. The lowest BCUT2D eigenvalue weighted by molar-refractivity contribution is 0.0471. The van der Waals surface area contributed by atoms with Gasteiger partial charge in [0.2, 0.25) is 0 Å². The Kier molecular flexibility index (Phi) is 6.11. The van der Waals surface area contributed by atoms with Crippen LogP contribution in [0.4, 0.5) is 0 Å². The lowest BCUT2D eigenvalue weighted by Crippen LogP contribution is -2.07. The first kappa shape index (κ1) is 19.2. The van der Waals surface area contributed by atoms with E-state index >= 15 is 0 Å². The van der Waals surface area contributed by atoms with Crippen molar-refractivity contribution in [2.45, 2.75) is 27.1 Å². The molecule has 0 saturated carbocycles. The number of carbonyl (C=O) groups is 2. The summed E-state index contributed by atoms with van der Waals surface area (Å²) in [5.74, 6) is -0.868.